The van der Waals surface area contributed by atoms with Crippen LogP contribution in [0.4, 0.5) is 0 Å². The van der Waals surface area contributed by atoms with Crippen molar-refractivity contribution in [1.82, 2.24) is 10.3 Å². The molecule has 108 valence electrons. The van der Waals surface area contributed by atoms with E-state index in [1.807, 2.05) is 6.92 Å². The van der Waals surface area contributed by atoms with E-state index in [1.165, 1.54) is 17.3 Å². The molecule has 0 spiro atoms. The minimum Gasteiger partial charge on any atom is -0.439 e. The second-order valence-electron chi connectivity index (χ2n) is 4.29. The van der Waals surface area contributed by atoms with Crippen LogP contribution in [-0.2, 0) is 11.3 Å². The number of benzene rings is 1. The summed E-state index contributed by atoms with van der Waals surface area (Å²) in [6, 6.07) is 6.28. The van der Waals surface area contributed by atoms with Gasteiger partial charge < -0.3 is 14.5 Å². The van der Waals surface area contributed by atoms with Crippen molar-refractivity contribution in [3.63, 3.8) is 0 Å². The maximum Gasteiger partial charge on any atom is 0.260 e. The minimum absolute atomic E-state index is 0.661. The third-order valence-electron chi connectivity index (χ3n) is 2.60. The second-order valence-corrected chi connectivity index (χ2v) is 6.14. The first-order valence-electron chi connectivity index (χ1n) is 6.27. The van der Waals surface area contributed by atoms with Crippen LogP contribution in [0.1, 0.15) is 11.3 Å². The van der Waals surface area contributed by atoms with Gasteiger partial charge in [0.15, 0.2) is 0 Å². The fourth-order valence-corrected chi connectivity index (χ4v) is 3.05. The molecule has 2 rings (SSSR count). The van der Waals surface area contributed by atoms with Crippen LogP contribution in [0.2, 0.25) is 0 Å². The van der Waals surface area contributed by atoms with Crippen LogP contribution in [0.15, 0.2) is 43.5 Å². The Morgan fingerprint density at radius 1 is 1.45 bits per heavy atom. The van der Waals surface area contributed by atoms with E-state index in [0.29, 0.717) is 5.22 Å². The molecular formula is C14H17BrN2O2S. The lowest BCUT2D eigenvalue weighted by molar-refractivity contribution is 0.199. The van der Waals surface area contributed by atoms with E-state index in [4.69, 9.17) is 9.15 Å². The van der Waals surface area contributed by atoms with Gasteiger partial charge in [-0.15, -0.1) is 0 Å². The lowest BCUT2D eigenvalue weighted by Crippen LogP contribution is -2.18. The molecule has 20 heavy (non-hydrogen) atoms. The highest BCUT2D eigenvalue weighted by Gasteiger charge is 2.08. The number of nitrogens with zero attached hydrogens (tertiary/aromatic N) is 1. The molecule has 0 aliphatic rings. The smallest absolute Gasteiger partial charge is 0.260 e. The molecule has 1 N–H and O–H groups in total. The van der Waals surface area contributed by atoms with Gasteiger partial charge in [0.25, 0.3) is 5.22 Å². The van der Waals surface area contributed by atoms with Gasteiger partial charge in [-0.25, -0.2) is 4.98 Å². The zero-order chi connectivity index (χ0) is 14.4. The van der Waals surface area contributed by atoms with Gasteiger partial charge in [0.05, 0.1) is 12.3 Å². The van der Waals surface area contributed by atoms with E-state index in [1.54, 1.807) is 13.4 Å². The molecule has 2 aromatic rings. The number of methoxy groups -OCH3 is 1. The molecule has 0 fully saturated rings. The van der Waals surface area contributed by atoms with Crippen LogP contribution in [0, 0.1) is 6.92 Å². The minimum atomic E-state index is 0.661. The Morgan fingerprint density at radius 3 is 2.95 bits per heavy atom. The van der Waals surface area contributed by atoms with E-state index < -0.39 is 0 Å². The number of rotatable bonds is 7. The number of oxazole rings is 1. The molecule has 0 unspecified atom stereocenters. The van der Waals surface area contributed by atoms with E-state index in [-0.39, 0.29) is 0 Å². The molecule has 0 radical (unpaired) electrons. The van der Waals surface area contributed by atoms with E-state index in [2.05, 4.69) is 44.4 Å². The average Bonchev–Trinajstić information content (AvgIpc) is 2.83. The van der Waals surface area contributed by atoms with Gasteiger partial charge in [0.1, 0.15) is 6.26 Å². The summed E-state index contributed by atoms with van der Waals surface area (Å²) in [5, 5.41) is 3.98. The van der Waals surface area contributed by atoms with Crippen molar-refractivity contribution in [2.75, 3.05) is 20.3 Å². The summed E-state index contributed by atoms with van der Waals surface area (Å²) in [4.78, 5) is 5.38. The molecule has 0 atom stereocenters. The van der Waals surface area contributed by atoms with Crippen molar-refractivity contribution in [2.24, 2.45) is 0 Å². The Bertz CT molecular complexity index is 560. The largest absolute Gasteiger partial charge is 0.439 e. The van der Waals surface area contributed by atoms with Crippen molar-refractivity contribution in [3.05, 3.63) is 40.2 Å². The lowest BCUT2D eigenvalue weighted by atomic mass is 10.2. The highest BCUT2D eigenvalue weighted by Crippen LogP contribution is 2.33. The first kappa shape index (κ1) is 15.6. The van der Waals surface area contributed by atoms with Crippen molar-refractivity contribution in [2.45, 2.75) is 23.6 Å². The number of ether oxygens (including phenoxy) is 1. The van der Waals surface area contributed by atoms with Gasteiger partial charge in [-0.1, -0.05) is 6.07 Å². The highest BCUT2D eigenvalue weighted by atomic mass is 79.9. The zero-order valence-corrected chi connectivity index (χ0v) is 13.9. The summed E-state index contributed by atoms with van der Waals surface area (Å²) in [5.41, 5.74) is 2.11. The van der Waals surface area contributed by atoms with E-state index in [9.17, 15) is 0 Å². The third kappa shape index (κ3) is 4.63. The molecule has 4 nitrogen and oxygen atoms in total. The topological polar surface area (TPSA) is 47.3 Å². The summed E-state index contributed by atoms with van der Waals surface area (Å²) in [6.45, 7) is 4.31. The van der Waals surface area contributed by atoms with Crippen LogP contribution < -0.4 is 5.32 Å². The quantitative estimate of drug-likeness (QED) is 0.767. The van der Waals surface area contributed by atoms with Crippen LogP contribution in [0.3, 0.4) is 0 Å². The zero-order valence-electron chi connectivity index (χ0n) is 11.5. The molecule has 0 amide bonds. The number of aryl methyl sites for hydroxylation is 1. The van der Waals surface area contributed by atoms with E-state index >= 15 is 0 Å². The molecule has 0 saturated heterocycles. The lowest BCUT2D eigenvalue weighted by Gasteiger charge is -2.07. The maximum absolute atomic E-state index is 5.35. The summed E-state index contributed by atoms with van der Waals surface area (Å²) in [7, 11) is 1.70. The molecule has 0 aliphatic heterocycles. The Hall–Kier alpha value is -0.820. The molecule has 1 aromatic heterocycles. The second kappa shape index (κ2) is 7.83. The number of hydrogen-bond acceptors (Lipinski definition) is 5. The van der Waals surface area contributed by atoms with Crippen molar-refractivity contribution in [1.29, 1.82) is 0 Å². The van der Waals surface area contributed by atoms with Crippen LogP contribution in [-0.4, -0.2) is 25.2 Å². The first-order chi connectivity index (χ1) is 9.69. The summed E-state index contributed by atoms with van der Waals surface area (Å²) < 4.78 is 11.4. The van der Waals surface area contributed by atoms with Gasteiger partial charge in [0, 0.05) is 29.6 Å². The van der Waals surface area contributed by atoms with Gasteiger partial charge in [-0.2, -0.15) is 0 Å². The van der Waals surface area contributed by atoms with Gasteiger partial charge >= 0.3 is 0 Å². The monoisotopic (exact) mass is 356 g/mol. The predicted molar refractivity (Wildman–Crippen MR) is 83.1 cm³/mol. The highest BCUT2D eigenvalue weighted by molar-refractivity contribution is 9.10. The van der Waals surface area contributed by atoms with Crippen molar-refractivity contribution < 1.29 is 9.15 Å². The normalized spacial score (nSPS) is 10.9. The molecule has 1 heterocycles. The van der Waals surface area contributed by atoms with Gasteiger partial charge in [-0.05, 0) is 52.3 Å². The molecule has 0 bridgehead atoms. The predicted octanol–water partition coefficient (Wildman–Crippen LogP) is 3.63. The summed E-state index contributed by atoms with van der Waals surface area (Å²) in [6.07, 6.45) is 1.66. The third-order valence-corrected chi connectivity index (χ3v) is 4.46. The van der Waals surface area contributed by atoms with E-state index in [0.717, 1.165) is 34.8 Å². The fraction of sp³-hybridized carbons (Fsp3) is 0.357. The summed E-state index contributed by atoms with van der Waals surface area (Å²) in [5.74, 6) is 0. The average molecular weight is 357 g/mol. The van der Waals surface area contributed by atoms with Crippen molar-refractivity contribution >= 4 is 27.7 Å². The standard InChI is InChI=1S/C14H17BrN2O2S/c1-10-9-19-14(17-10)20-13-4-3-11(7-12(13)15)8-16-5-6-18-2/h3-4,7,9,16H,5-6,8H2,1-2H3. The first-order valence-corrected chi connectivity index (χ1v) is 7.88. The Morgan fingerprint density at radius 2 is 2.30 bits per heavy atom. The molecule has 1 aromatic carbocycles. The molecule has 0 saturated carbocycles. The maximum atomic E-state index is 5.35. The number of aromatic nitrogens is 1. The molecular weight excluding hydrogens is 340 g/mol. The molecule has 6 heteroatoms. The fourth-order valence-electron chi connectivity index (χ4n) is 1.62. The SMILES string of the molecule is COCCNCc1ccc(Sc2nc(C)co2)c(Br)c1. The molecule has 0 aliphatic carbocycles. The van der Waals surface area contributed by atoms with Crippen LogP contribution >= 0.6 is 27.7 Å². The Labute approximate surface area is 131 Å². The Balaban J connectivity index is 1.95. The Kier molecular flexibility index (Phi) is 6.09. The van der Waals surface area contributed by atoms with Gasteiger partial charge in [0.2, 0.25) is 0 Å². The van der Waals surface area contributed by atoms with Crippen molar-refractivity contribution in [3.8, 4) is 0 Å². The van der Waals surface area contributed by atoms with Gasteiger partial charge in [-0.3, -0.25) is 0 Å². The number of halogens is 1. The van der Waals surface area contributed by atoms with Crippen LogP contribution in [0.5, 0.6) is 0 Å². The van der Waals surface area contributed by atoms with Crippen LogP contribution in [0.25, 0.3) is 0 Å². The summed E-state index contributed by atoms with van der Waals surface area (Å²) >= 11 is 5.10. The number of hydrogen-bond donors (Lipinski definition) is 1. The number of nitrogens with one attached hydrogen (secondary N) is 1.